The van der Waals surface area contributed by atoms with E-state index >= 15 is 0 Å². The molecule has 0 saturated carbocycles. The number of ketones is 1. The third-order valence-corrected chi connectivity index (χ3v) is 2.44. The van der Waals surface area contributed by atoms with E-state index in [2.05, 4.69) is 0 Å². The molecule has 9 heteroatoms. The van der Waals surface area contributed by atoms with Gasteiger partial charge in [0.2, 0.25) is 0 Å². The van der Waals surface area contributed by atoms with E-state index in [9.17, 15) is 25.2 Å². The molecule has 0 fully saturated rings. The van der Waals surface area contributed by atoms with Crippen LogP contribution < -0.4 is 0 Å². The molecule has 0 aromatic heterocycles. The van der Waals surface area contributed by atoms with Crippen molar-refractivity contribution in [2.75, 3.05) is 13.2 Å². The van der Waals surface area contributed by atoms with E-state index in [-0.39, 0.29) is 0 Å². The molecule has 0 aliphatic carbocycles. The standard InChI is InChI=1S/C9H18O9/c10-1-3(12)5(14)7(16)9(18)8(17)6(15)4(13)2-11/h3,5-12,14-18H,1-2H2/t3-,5-,6+,7-,8-,9+/m1/s1. The predicted molar refractivity (Wildman–Crippen MR) is 55.2 cm³/mol. The quantitative estimate of drug-likeness (QED) is 0.214. The van der Waals surface area contributed by atoms with Crippen molar-refractivity contribution in [3.8, 4) is 0 Å². The van der Waals surface area contributed by atoms with Crippen molar-refractivity contribution < 1.29 is 45.6 Å². The number of Topliss-reactive ketones (excluding diaryl/α,β-unsaturated/α-hetero) is 1. The number of aliphatic hydroxyl groups excluding tert-OH is 8. The summed E-state index contributed by atoms with van der Waals surface area (Å²) in [5.41, 5.74) is 0. The smallest absolute Gasteiger partial charge is 0.189 e. The van der Waals surface area contributed by atoms with Gasteiger partial charge in [-0.3, -0.25) is 4.79 Å². The molecule has 108 valence electrons. The number of carbonyl (C=O) groups excluding carboxylic acids is 1. The lowest BCUT2D eigenvalue weighted by Gasteiger charge is -2.29. The summed E-state index contributed by atoms with van der Waals surface area (Å²) in [7, 11) is 0. The van der Waals surface area contributed by atoms with Crippen LogP contribution in [0.5, 0.6) is 0 Å². The van der Waals surface area contributed by atoms with Crippen LogP contribution in [-0.4, -0.2) is 96.5 Å². The molecule has 0 radical (unpaired) electrons. The molecule has 0 saturated heterocycles. The molecular formula is C9H18O9. The second kappa shape index (κ2) is 7.71. The fraction of sp³-hybridized carbons (Fsp3) is 0.889. The predicted octanol–water partition coefficient (Wildman–Crippen LogP) is -5.29. The second-order valence-electron chi connectivity index (χ2n) is 3.78. The normalized spacial score (nSPS) is 21.8. The molecule has 18 heavy (non-hydrogen) atoms. The third-order valence-electron chi connectivity index (χ3n) is 2.44. The van der Waals surface area contributed by atoms with Crippen LogP contribution in [0.3, 0.4) is 0 Å². The van der Waals surface area contributed by atoms with Gasteiger partial charge >= 0.3 is 0 Å². The molecular weight excluding hydrogens is 252 g/mol. The summed E-state index contributed by atoms with van der Waals surface area (Å²) < 4.78 is 0. The van der Waals surface area contributed by atoms with Crippen LogP contribution in [0.15, 0.2) is 0 Å². The van der Waals surface area contributed by atoms with Crippen molar-refractivity contribution >= 4 is 5.78 Å². The topological polar surface area (TPSA) is 179 Å². The fourth-order valence-corrected chi connectivity index (χ4v) is 1.21. The highest BCUT2D eigenvalue weighted by Crippen LogP contribution is 2.11. The van der Waals surface area contributed by atoms with Crippen molar-refractivity contribution in [2.24, 2.45) is 0 Å². The lowest BCUT2D eigenvalue weighted by molar-refractivity contribution is -0.165. The molecule has 0 aliphatic heterocycles. The lowest BCUT2D eigenvalue weighted by atomic mass is 9.95. The maximum Gasteiger partial charge on any atom is 0.189 e. The third kappa shape index (κ3) is 4.23. The van der Waals surface area contributed by atoms with Gasteiger partial charge in [0.05, 0.1) is 6.61 Å². The molecule has 8 N–H and O–H groups in total. The van der Waals surface area contributed by atoms with Gasteiger partial charge < -0.3 is 40.9 Å². The number of hydrogen-bond donors (Lipinski definition) is 8. The van der Waals surface area contributed by atoms with Crippen LogP contribution in [0.1, 0.15) is 0 Å². The molecule has 6 atom stereocenters. The summed E-state index contributed by atoms with van der Waals surface area (Å²) in [6.45, 7) is -1.98. The summed E-state index contributed by atoms with van der Waals surface area (Å²) >= 11 is 0. The largest absolute Gasteiger partial charge is 0.394 e. The zero-order valence-electron chi connectivity index (χ0n) is 9.36. The maximum atomic E-state index is 10.8. The Morgan fingerprint density at radius 3 is 1.61 bits per heavy atom. The minimum absolute atomic E-state index is 0.904. The highest BCUT2D eigenvalue weighted by atomic mass is 16.4. The zero-order valence-corrected chi connectivity index (χ0v) is 9.36. The van der Waals surface area contributed by atoms with Crippen LogP contribution in [0.25, 0.3) is 0 Å². The summed E-state index contributed by atoms with van der Waals surface area (Å²) in [6.07, 6.45) is -12.4. The highest BCUT2D eigenvalue weighted by Gasteiger charge is 2.38. The Labute approximate surface area is 102 Å². The fourth-order valence-electron chi connectivity index (χ4n) is 1.21. The van der Waals surface area contributed by atoms with Gasteiger partial charge in [0.1, 0.15) is 43.2 Å². The van der Waals surface area contributed by atoms with Crippen LogP contribution in [0.2, 0.25) is 0 Å². The van der Waals surface area contributed by atoms with Gasteiger partial charge in [-0.25, -0.2) is 0 Å². The molecule has 0 rings (SSSR count). The number of rotatable bonds is 8. The molecule has 0 aromatic carbocycles. The van der Waals surface area contributed by atoms with E-state index < -0.39 is 55.6 Å². The SMILES string of the molecule is O=C(CO)[C@H](O)[C@@H](O)[C@@H](O)[C@H](O)[C@H](O)[C@H](O)CO. The number of carbonyl (C=O) groups is 1. The Morgan fingerprint density at radius 2 is 1.22 bits per heavy atom. The summed E-state index contributed by atoms with van der Waals surface area (Å²) in [6, 6.07) is 0. The van der Waals surface area contributed by atoms with Gasteiger partial charge in [-0.05, 0) is 0 Å². The van der Waals surface area contributed by atoms with Crippen LogP contribution in [0.4, 0.5) is 0 Å². The minimum Gasteiger partial charge on any atom is -0.394 e. The Hall–Kier alpha value is -0.650. The van der Waals surface area contributed by atoms with Crippen molar-refractivity contribution in [3.05, 3.63) is 0 Å². The van der Waals surface area contributed by atoms with Gasteiger partial charge in [0.15, 0.2) is 5.78 Å². The Bertz CT molecular complexity index is 258. The molecule has 0 unspecified atom stereocenters. The average Bonchev–Trinajstić information content (AvgIpc) is 2.40. The van der Waals surface area contributed by atoms with E-state index in [1.54, 1.807) is 0 Å². The molecule has 0 amide bonds. The van der Waals surface area contributed by atoms with E-state index in [1.807, 2.05) is 0 Å². The molecule has 0 heterocycles. The molecule has 0 spiro atoms. The minimum atomic E-state index is -2.17. The van der Waals surface area contributed by atoms with Crippen molar-refractivity contribution in [3.63, 3.8) is 0 Å². The summed E-state index contributed by atoms with van der Waals surface area (Å²) in [5.74, 6) is -1.19. The molecule has 9 nitrogen and oxygen atoms in total. The van der Waals surface area contributed by atoms with Gasteiger partial charge in [0, 0.05) is 0 Å². The van der Waals surface area contributed by atoms with E-state index in [1.165, 1.54) is 0 Å². The van der Waals surface area contributed by atoms with Gasteiger partial charge in [-0.15, -0.1) is 0 Å². The maximum absolute atomic E-state index is 10.8. The summed E-state index contributed by atoms with van der Waals surface area (Å²) in [5, 5.41) is 72.4. The monoisotopic (exact) mass is 270 g/mol. The van der Waals surface area contributed by atoms with Gasteiger partial charge in [-0.1, -0.05) is 0 Å². The van der Waals surface area contributed by atoms with Crippen LogP contribution >= 0.6 is 0 Å². The Morgan fingerprint density at radius 1 is 0.778 bits per heavy atom. The first-order valence-electron chi connectivity index (χ1n) is 5.10. The second-order valence-corrected chi connectivity index (χ2v) is 3.78. The van der Waals surface area contributed by atoms with Crippen LogP contribution in [-0.2, 0) is 4.79 Å². The Kier molecular flexibility index (Phi) is 7.43. The van der Waals surface area contributed by atoms with Crippen molar-refractivity contribution in [2.45, 2.75) is 36.6 Å². The van der Waals surface area contributed by atoms with Crippen molar-refractivity contribution in [1.82, 2.24) is 0 Å². The van der Waals surface area contributed by atoms with Crippen molar-refractivity contribution in [1.29, 1.82) is 0 Å². The number of aliphatic hydroxyl groups is 8. The zero-order chi connectivity index (χ0) is 14.5. The molecule has 0 aliphatic rings. The average molecular weight is 270 g/mol. The van der Waals surface area contributed by atoms with Gasteiger partial charge in [-0.2, -0.15) is 0 Å². The van der Waals surface area contributed by atoms with Gasteiger partial charge in [0.25, 0.3) is 0 Å². The van der Waals surface area contributed by atoms with E-state index in [0.29, 0.717) is 0 Å². The molecule has 0 aromatic rings. The first-order chi connectivity index (χ1) is 8.27. The first kappa shape index (κ1) is 17.4. The molecule has 0 bridgehead atoms. The van der Waals surface area contributed by atoms with E-state index in [4.69, 9.17) is 20.4 Å². The first-order valence-corrected chi connectivity index (χ1v) is 5.10. The van der Waals surface area contributed by atoms with Crippen LogP contribution in [0, 0.1) is 0 Å². The number of hydrogen-bond acceptors (Lipinski definition) is 9. The Balaban J connectivity index is 4.62. The van der Waals surface area contributed by atoms with E-state index in [0.717, 1.165) is 0 Å². The summed E-state index contributed by atoms with van der Waals surface area (Å²) in [4.78, 5) is 10.8. The highest BCUT2D eigenvalue weighted by molar-refractivity contribution is 5.84. The lowest BCUT2D eigenvalue weighted by Crippen LogP contribution is -2.54.